The topological polar surface area (TPSA) is 56.0 Å². The number of unbranched alkanes of at least 4 members (excludes halogenated alkanes) is 12. The van der Waals surface area contributed by atoms with Gasteiger partial charge in [-0.25, -0.2) is 0 Å². The van der Waals surface area contributed by atoms with Gasteiger partial charge in [-0.1, -0.05) is 84.0 Å². The van der Waals surface area contributed by atoms with Crippen LogP contribution in [0.5, 0.6) is 0 Å². The van der Waals surface area contributed by atoms with Crippen LogP contribution in [0.2, 0.25) is 0 Å². The van der Waals surface area contributed by atoms with E-state index in [0.717, 1.165) is 37.1 Å². The number of Topliss-reactive ketones (excluding diaryl/α,β-unsaturated/α-hetero) is 1. The minimum atomic E-state index is 0.405. The van der Waals surface area contributed by atoms with Gasteiger partial charge in [0.2, 0.25) is 0 Å². The van der Waals surface area contributed by atoms with Gasteiger partial charge in [0.25, 0.3) is 0 Å². The van der Waals surface area contributed by atoms with E-state index in [2.05, 4.69) is 11.9 Å². The van der Waals surface area contributed by atoms with Gasteiger partial charge in [0.1, 0.15) is 5.78 Å². The van der Waals surface area contributed by atoms with Gasteiger partial charge in [0.15, 0.2) is 0 Å². The summed E-state index contributed by atoms with van der Waals surface area (Å²) in [5.74, 6) is 0.405. The molecule has 1 heterocycles. The van der Waals surface area contributed by atoms with Gasteiger partial charge in [-0.3, -0.25) is 9.78 Å². The first-order chi connectivity index (χ1) is 13.2. The molecule has 0 aliphatic heterocycles. The third kappa shape index (κ3) is 14.4. The van der Waals surface area contributed by atoms with Crippen molar-refractivity contribution in [3.8, 4) is 0 Å². The Bertz CT molecular complexity index is 487. The van der Waals surface area contributed by atoms with Crippen molar-refractivity contribution in [2.24, 2.45) is 0 Å². The third-order valence-corrected chi connectivity index (χ3v) is 5.29. The van der Waals surface area contributed by atoms with E-state index in [1.165, 1.54) is 77.0 Å². The smallest absolute Gasteiger partial charge is 0.132 e. The Labute approximate surface area is 167 Å². The lowest BCUT2D eigenvalue weighted by Gasteiger charge is -2.04. The first-order valence-electron chi connectivity index (χ1n) is 11.4. The average Bonchev–Trinajstić information content (AvgIpc) is 2.65. The molecule has 0 aliphatic rings. The quantitative estimate of drug-likeness (QED) is 0.280. The van der Waals surface area contributed by atoms with Crippen molar-refractivity contribution >= 4 is 11.5 Å². The first-order valence-corrected chi connectivity index (χ1v) is 11.4. The molecule has 0 saturated heterocycles. The molecular formula is C24H42N2O. The van der Waals surface area contributed by atoms with Crippen molar-refractivity contribution in [3.05, 3.63) is 24.0 Å². The molecule has 0 fully saturated rings. The molecule has 1 rings (SSSR count). The van der Waals surface area contributed by atoms with Gasteiger partial charge in [-0.2, -0.15) is 0 Å². The molecule has 2 N–H and O–H groups in total. The van der Waals surface area contributed by atoms with Gasteiger partial charge in [0, 0.05) is 30.4 Å². The van der Waals surface area contributed by atoms with Crippen molar-refractivity contribution in [2.45, 2.75) is 116 Å². The summed E-state index contributed by atoms with van der Waals surface area (Å²) in [7, 11) is 0. The fourth-order valence-corrected chi connectivity index (χ4v) is 3.57. The van der Waals surface area contributed by atoms with Crippen molar-refractivity contribution in [1.82, 2.24) is 4.98 Å². The number of ketones is 1. The molecule has 0 radical (unpaired) electrons. The summed E-state index contributed by atoms with van der Waals surface area (Å²) in [5.41, 5.74) is 7.48. The lowest BCUT2D eigenvalue weighted by molar-refractivity contribution is -0.119. The standard InChI is InChI=1S/C24H42N2O/c1-2-3-4-5-6-7-8-9-10-11-12-13-14-17-24(27)18-15-16-23-21-22(25)19-20-26-23/h19-21H,2-18H2,1H3,(H2,25,26). The van der Waals surface area contributed by atoms with E-state index in [1.807, 2.05) is 6.07 Å². The number of anilines is 1. The highest BCUT2D eigenvalue weighted by Crippen LogP contribution is 2.14. The van der Waals surface area contributed by atoms with Crippen LogP contribution in [0.25, 0.3) is 0 Å². The summed E-state index contributed by atoms with van der Waals surface area (Å²) in [5, 5.41) is 0. The summed E-state index contributed by atoms with van der Waals surface area (Å²) in [6.45, 7) is 2.27. The summed E-state index contributed by atoms with van der Waals surface area (Å²) in [6, 6.07) is 3.69. The molecule has 3 nitrogen and oxygen atoms in total. The number of nitrogens with zero attached hydrogens (tertiary/aromatic N) is 1. The summed E-state index contributed by atoms with van der Waals surface area (Å²) in [4.78, 5) is 16.2. The Morgan fingerprint density at radius 3 is 1.89 bits per heavy atom. The highest BCUT2D eigenvalue weighted by Gasteiger charge is 2.03. The SMILES string of the molecule is CCCCCCCCCCCCCCCC(=O)CCCc1cc(N)ccn1. The van der Waals surface area contributed by atoms with E-state index in [4.69, 9.17) is 5.73 Å². The zero-order valence-electron chi connectivity index (χ0n) is 17.7. The summed E-state index contributed by atoms with van der Waals surface area (Å²) >= 11 is 0. The number of hydrogen-bond acceptors (Lipinski definition) is 3. The monoisotopic (exact) mass is 374 g/mol. The predicted octanol–water partition coefficient (Wildman–Crippen LogP) is 7.04. The first kappa shape index (κ1) is 23.7. The fourth-order valence-electron chi connectivity index (χ4n) is 3.57. The molecular weight excluding hydrogens is 332 g/mol. The minimum Gasteiger partial charge on any atom is -0.399 e. The molecule has 0 saturated carbocycles. The number of pyridine rings is 1. The Balaban J connectivity index is 1.83. The van der Waals surface area contributed by atoms with Crippen LogP contribution >= 0.6 is 0 Å². The van der Waals surface area contributed by atoms with Gasteiger partial charge >= 0.3 is 0 Å². The van der Waals surface area contributed by atoms with E-state index >= 15 is 0 Å². The molecule has 27 heavy (non-hydrogen) atoms. The van der Waals surface area contributed by atoms with Gasteiger partial charge in [-0.15, -0.1) is 0 Å². The summed E-state index contributed by atoms with van der Waals surface area (Å²) in [6.07, 6.45) is 22.4. The number of aromatic nitrogens is 1. The zero-order valence-corrected chi connectivity index (χ0v) is 17.7. The van der Waals surface area contributed by atoms with Crippen LogP contribution in [-0.4, -0.2) is 10.8 Å². The summed E-state index contributed by atoms with van der Waals surface area (Å²) < 4.78 is 0. The second-order valence-corrected chi connectivity index (χ2v) is 7.97. The Kier molecular flexibility index (Phi) is 14.7. The molecule has 0 bridgehead atoms. The number of carbonyl (C=O) groups is 1. The maximum atomic E-state index is 12.0. The molecule has 0 atom stereocenters. The Hall–Kier alpha value is -1.38. The van der Waals surface area contributed by atoms with E-state index in [0.29, 0.717) is 12.2 Å². The molecule has 154 valence electrons. The van der Waals surface area contributed by atoms with E-state index in [1.54, 1.807) is 12.3 Å². The van der Waals surface area contributed by atoms with Gasteiger partial charge in [0.05, 0.1) is 0 Å². The molecule has 0 aliphatic carbocycles. The molecule has 1 aromatic heterocycles. The molecule has 0 unspecified atom stereocenters. The Morgan fingerprint density at radius 2 is 1.33 bits per heavy atom. The third-order valence-electron chi connectivity index (χ3n) is 5.29. The minimum absolute atomic E-state index is 0.405. The van der Waals surface area contributed by atoms with Crippen LogP contribution in [0.15, 0.2) is 18.3 Å². The van der Waals surface area contributed by atoms with Crippen LogP contribution < -0.4 is 5.73 Å². The van der Waals surface area contributed by atoms with Crippen molar-refractivity contribution in [2.75, 3.05) is 5.73 Å². The Morgan fingerprint density at radius 1 is 0.815 bits per heavy atom. The molecule has 3 heteroatoms. The highest BCUT2D eigenvalue weighted by atomic mass is 16.1. The van der Waals surface area contributed by atoms with E-state index in [9.17, 15) is 4.79 Å². The van der Waals surface area contributed by atoms with Crippen molar-refractivity contribution in [1.29, 1.82) is 0 Å². The molecule has 1 aromatic rings. The highest BCUT2D eigenvalue weighted by molar-refractivity contribution is 5.78. The maximum Gasteiger partial charge on any atom is 0.132 e. The number of rotatable bonds is 18. The number of hydrogen-bond donors (Lipinski definition) is 1. The van der Waals surface area contributed by atoms with E-state index < -0.39 is 0 Å². The lowest BCUT2D eigenvalue weighted by Crippen LogP contribution is -2.00. The van der Waals surface area contributed by atoms with Crippen molar-refractivity contribution in [3.63, 3.8) is 0 Å². The maximum absolute atomic E-state index is 12.0. The zero-order chi connectivity index (χ0) is 19.6. The van der Waals surface area contributed by atoms with Crippen LogP contribution in [0, 0.1) is 0 Å². The normalized spacial score (nSPS) is 11.0. The largest absolute Gasteiger partial charge is 0.399 e. The van der Waals surface area contributed by atoms with Crippen LogP contribution in [0.4, 0.5) is 5.69 Å². The number of nitrogen functional groups attached to an aromatic ring is 1. The van der Waals surface area contributed by atoms with E-state index in [-0.39, 0.29) is 0 Å². The van der Waals surface area contributed by atoms with Crippen LogP contribution in [-0.2, 0) is 11.2 Å². The second-order valence-electron chi connectivity index (χ2n) is 7.97. The number of aryl methyl sites for hydroxylation is 1. The average molecular weight is 375 g/mol. The van der Waals surface area contributed by atoms with Gasteiger partial charge < -0.3 is 5.73 Å². The van der Waals surface area contributed by atoms with Crippen LogP contribution in [0.1, 0.15) is 115 Å². The second kappa shape index (κ2) is 16.8. The predicted molar refractivity (Wildman–Crippen MR) is 117 cm³/mol. The molecule has 0 amide bonds. The lowest BCUT2D eigenvalue weighted by atomic mass is 10.0. The van der Waals surface area contributed by atoms with Crippen LogP contribution in [0.3, 0.4) is 0 Å². The number of carbonyl (C=O) groups excluding carboxylic acids is 1. The molecule has 0 spiro atoms. The van der Waals surface area contributed by atoms with Crippen molar-refractivity contribution < 1.29 is 4.79 Å². The van der Waals surface area contributed by atoms with Gasteiger partial charge in [-0.05, 0) is 31.4 Å². The molecule has 0 aromatic carbocycles. The number of nitrogens with two attached hydrogens (primary N) is 1. The fraction of sp³-hybridized carbons (Fsp3) is 0.750.